The number of hydrogen-bond donors (Lipinski definition) is 1. The molecule has 0 aromatic heterocycles. The van der Waals surface area contributed by atoms with Gasteiger partial charge in [0, 0.05) is 17.8 Å². The standard InChI is InChI=1S/C17H21N3O5S/c1-2-13(24-15(18)26)9-14-10-20(17(22)25-14)12-5-3-11(4-6-12)19-7-8-23-16(19)21/h3-6,13-14H,2,7-10H2,1H3,(H2,18,26)/t13?,14-/m0/s1. The summed E-state index contributed by atoms with van der Waals surface area (Å²) in [6.07, 6.45) is -0.0148. The summed E-state index contributed by atoms with van der Waals surface area (Å²) in [4.78, 5) is 26.9. The van der Waals surface area contributed by atoms with E-state index in [0.29, 0.717) is 38.2 Å². The van der Waals surface area contributed by atoms with Crippen LogP contribution in [0.3, 0.4) is 0 Å². The number of nitrogens with zero attached hydrogens (tertiary/aromatic N) is 2. The van der Waals surface area contributed by atoms with Crippen molar-refractivity contribution < 1.29 is 23.8 Å². The van der Waals surface area contributed by atoms with Gasteiger partial charge in [-0.1, -0.05) is 6.92 Å². The number of thiocarbonyl (C=S) groups is 1. The number of amides is 2. The van der Waals surface area contributed by atoms with Crippen molar-refractivity contribution in [2.24, 2.45) is 5.73 Å². The van der Waals surface area contributed by atoms with Crippen molar-refractivity contribution in [3.63, 3.8) is 0 Å². The third-order valence-corrected chi connectivity index (χ3v) is 4.47. The topological polar surface area (TPSA) is 94.3 Å². The van der Waals surface area contributed by atoms with Gasteiger partial charge in [0.1, 0.15) is 18.8 Å². The van der Waals surface area contributed by atoms with Crippen LogP contribution in [0.2, 0.25) is 0 Å². The monoisotopic (exact) mass is 379 g/mol. The van der Waals surface area contributed by atoms with Gasteiger partial charge in [0.25, 0.3) is 5.17 Å². The molecule has 8 nitrogen and oxygen atoms in total. The molecule has 2 aliphatic rings. The van der Waals surface area contributed by atoms with Gasteiger partial charge in [-0.25, -0.2) is 9.59 Å². The lowest BCUT2D eigenvalue weighted by Gasteiger charge is -2.19. The molecule has 1 aromatic carbocycles. The first kappa shape index (κ1) is 18.2. The predicted octanol–water partition coefficient (Wildman–Crippen LogP) is 2.40. The summed E-state index contributed by atoms with van der Waals surface area (Å²) >= 11 is 4.77. The number of carbonyl (C=O) groups excluding carboxylic acids is 2. The molecule has 1 aromatic rings. The highest BCUT2D eigenvalue weighted by molar-refractivity contribution is 7.80. The van der Waals surface area contributed by atoms with E-state index in [0.717, 1.165) is 5.69 Å². The van der Waals surface area contributed by atoms with Gasteiger partial charge in [-0.15, -0.1) is 0 Å². The van der Waals surface area contributed by atoms with Crippen molar-refractivity contribution in [1.82, 2.24) is 0 Å². The Hall–Kier alpha value is -2.55. The molecule has 2 saturated heterocycles. The molecular formula is C17H21N3O5S. The minimum absolute atomic E-state index is 0.00550. The maximum Gasteiger partial charge on any atom is 0.414 e. The van der Waals surface area contributed by atoms with Crippen LogP contribution in [0.4, 0.5) is 21.0 Å². The molecule has 2 aliphatic heterocycles. The third kappa shape index (κ3) is 3.98. The van der Waals surface area contributed by atoms with E-state index in [-0.39, 0.29) is 23.5 Å². The summed E-state index contributed by atoms with van der Waals surface area (Å²) in [6, 6.07) is 7.14. The number of anilines is 2. The van der Waals surface area contributed by atoms with Crippen molar-refractivity contribution in [2.45, 2.75) is 32.0 Å². The molecule has 0 aliphatic carbocycles. The quantitative estimate of drug-likeness (QED) is 0.759. The Morgan fingerprint density at radius 1 is 1.27 bits per heavy atom. The van der Waals surface area contributed by atoms with Crippen molar-refractivity contribution >= 4 is 41.0 Å². The predicted molar refractivity (Wildman–Crippen MR) is 99.3 cm³/mol. The second-order valence-electron chi connectivity index (χ2n) is 6.10. The van der Waals surface area contributed by atoms with Crippen molar-refractivity contribution in [2.75, 3.05) is 29.5 Å². The number of ether oxygens (including phenoxy) is 3. The second kappa shape index (κ2) is 7.77. The molecule has 9 heteroatoms. The number of benzene rings is 1. The highest BCUT2D eigenvalue weighted by Crippen LogP contribution is 2.27. The maximum absolute atomic E-state index is 12.2. The fraction of sp³-hybridized carbons (Fsp3) is 0.471. The zero-order chi connectivity index (χ0) is 18.7. The molecular weight excluding hydrogens is 358 g/mol. The molecule has 1 unspecified atom stereocenters. The van der Waals surface area contributed by atoms with Crippen LogP contribution in [0.5, 0.6) is 0 Å². The Morgan fingerprint density at radius 3 is 2.46 bits per heavy atom. The minimum atomic E-state index is -0.409. The van der Waals surface area contributed by atoms with Crippen molar-refractivity contribution in [3.05, 3.63) is 24.3 Å². The lowest BCUT2D eigenvalue weighted by atomic mass is 10.1. The second-order valence-corrected chi connectivity index (χ2v) is 6.50. The van der Waals surface area contributed by atoms with Crippen molar-refractivity contribution in [3.8, 4) is 0 Å². The molecule has 2 heterocycles. The van der Waals surface area contributed by atoms with Gasteiger partial charge in [0.15, 0.2) is 0 Å². The number of carbonyl (C=O) groups is 2. The lowest BCUT2D eigenvalue weighted by molar-refractivity contribution is 0.0898. The van der Waals surface area contributed by atoms with E-state index in [4.69, 9.17) is 32.2 Å². The highest BCUT2D eigenvalue weighted by atomic mass is 32.1. The van der Waals surface area contributed by atoms with Crippen LogP contribution in [-0.2, 0) is 14.2 Å². The van der Waals surface area contributed by atoms with Crippen LogP contribution in [0, 0.1) is 0 Å². The first-order valence-electron chi connectivity index (χ1n) is 8.46. The zero-order valence-corrected chi connectivity index (χ0v) is 15.2. The Morgan fingerprint density at radius 2 is 1.92 bits per heavy atom. The van der Waals surface area contributed by atoms with Gasteiger partial charge in [0.2, 0.25) is 0 Å². The van der Waals surface area contributed by atoms with Gasteiger partial charge in [-0.3, -0.25) is 9.80 Å². The number of nitrogens with two attached hydrogens (primary N) is 1. The molecule has 2 atom stereocenters. The van der Waals surface area contributed by atoms with E-state index in [9.17, 15) is 9.59 Å². The van der Waals surface area contributed by atoms with E-state index >= 15 is 0 Å². The highest BCUT2D eigenvalue weighted by Gasteiger charge is 2.34. The molecule has 0 radical (unpaired) electrons. The normalized spacial score (nSPS) is 20.7. The summed E-state index contributed by atoms with van der Waals surface area (Å²) in [5.41, 5.74) is 6.86. The first-order chi connectivity index (χ1) is 12.5. The van der Waals surface area contributed by atoms with E-state index in [1.165, 1.54) is 0 Å². The van der Waals surface area contributed by atoms with Gasteiger partial charge >= 0.3 is 12.2 Å². The van der Waals surface area contributed by atoms with Crippen LogP contribution < -0.4 is 15.5 Å². The third-order valence-electron chi connectivity index (χ3n) is 4.37. The Bertz CT molecular complexity index is 696. The fourth-order valence-electron chi connectivity index (χ4n) is 3.05. The van der Waals surface area contributed by atoms with Crippen molar-refractivity contribution in [1.29, 1.82) is 0 Å². The number of hydrogen-bond acceptors (Lipinski definition) is 6. The van der Waals surface area contributed by atoms with E-state index in [1.807, 2.05) is 6.92 Å². The van der Waals surface area contributed by atoms with Gasteiger partial charge in [-0.2, -0.15) is 0 Å². The first-order valence-corrected chi connectivity index (χ1v) is 8.87. The van der Waals surface area contributed by atoms with E-state index < -0.39 is 6.09 Å². The molecule has 26 heavy (non-hydrogen) atoms. The van der Waals surface area contributed by atoms with Crippen LogP contribution in [0.1, 0.15) is 19.8 Å². The molecule has 3 rings (SSSR count). The molecule has 0 bridgehead atoms. The summed E-state index contributed by atoms with van der Waals surface area (Å²) in [5.74, 6) is 0. The fourth-order valence-corrected chi connectivity index (χ4v) is 3.19. The molecule has 0 spiro atoms. The van der Waals surface area contributed by atoms with E-state index in [1.54, 1.807) is 34.1 Å². The van der Waals surface area contributed by atoms with Gasteiger partial charge in [0.05, 0.1) is 13.1 Å². The van der Waals surface area contributed by atoms with Gasteiger partial charge in [-0.05, 0) is 42.9 Å². The SMILES string of the molecule is CCC(C[C@H]1CN(c2ccc(N3CCOC3=O)cc2)C(=O)O1)OC(N)=S. The molecule has 0 saturated carbocycles. The average molecular weight is 379 g/mol. The summed E-state index contributed by atoms with van der Waals surface area (Å²) < 4.78 is 15.7. The summed E-state index contributed by atoms with van der Waals surface area (Å²) in [7, 11) is 0. The zero-order valence-electron chi connectivity index (χ0n) is 14.4. The Kier molecular flexibility index (Phi) is 5.46. The molecule has 2 amide bonds. The molecule has 2 N–H and O–H groups in total. The summed E-state index contributed by atoms with van der Waals surface area (Å²) in [5, 5.41) is -0.00550. The van der Waals surface area contributed by atoms with Crippen LogP contribution in [-0.4, -0.2) is 49.3 Å². The van der Waals surface area contributed by atoms with Crippen LogP contribution in [0.15, 0.2) is 24.3 Å². The molecule has 140 valence electrons. The number of cyclic esters (lactones) is 2. The minimum Gasteiger partial charge on any atom is -0.468 e. The van der Waals surface area contributed by atoms with Crippen LogP contribution >= 0.6 is 12.2 Å². The Labute approximate surface area is 156 Å². The lowest BCUT2D eigenvalue weighted by Crippen LogP contribution is -2.29. The molecule has 2 fully saturated rings. The number of rotatable bonds is 6. The van der Waals surface area contributed by atoms with Crippen LogP contribution in [0.25, 0.3) is 0 Å². The Balaban J connectivity index is 1.63. The summed E-state index contributed by atoms with van der Waals surface area (Å²) in [6.45, 7) is 3.28. The average Bonchev–Trinajstić information content (AvgIpc) is 3.19. The maximum atomic E-state index is 12.2. The van der Waals surface area contributed by atoms with Gasteiger partial charge < -0.3 is 19.9 Å². The smallest absolute Gasteiger partial charge is 0.414 e. The largest absolute Gasteiger partial charge is 0.468 e. The van der Waals surface area contributed by atoms with E-state index in [2.05, 4.69) is 0 Å².